The summed E-state index contributed by atoms with van der Waals surface area (Å²) in [4.78, 5) is 0. The molecule has 0 amide bonds. The molecule has 0 saturated carbocycles. The summed E-state index contributed by atoms with van der Waals surface area (Å²) in [5, 5.41) is 0. The number of allylic oxidation sites excluding steroid dienone is 1. The Morgan fingerprint density at radius 1 is 1.37 bits per heavy atom. The Balaban J connectivity index is 3.16. The van der Waals surface area contributed by atoms with Crippen LogP contribution in [0, 0.1) is 0 Å². The first-order chi connectivity index (χ1) is 8.89. The van der Waals surface area contributed by atoms with Gasteiger partial charge < -0.3 is 9.05 Å². The molecule has 0 spiro atoms. The molecule has 1 unspecified atom stereocenters. The van der Waals surface area contributed by atoms with Gasteiger partial charge in [0.25, 0.3) is 0 Å². The Bertz CT molecular complexity index is 369. The van der Waals surface area contributed by atoms with Crippen molar-refractivity contribution >= 4 is 31.1 Å². The van der Waals surface area contributed by atoms with Crippen LogP contribution in [0.25, 0.3) is 0 Å². The zero-order valence-electron chi connectivity index (χ0n) is 11.2. The van der Waals surface area contributed by atoms with Crippen LogP contribution in [-0.2, 0) is 13.6 Å². The summed E-state index contributed by atoms with van der Waals surface area (Å²) in [5.41, 5.74) is -3.54. The van der Waals surface area contributed by atoms with Crippen molar-refractivity contribution in [2.45, 2.75) is 30.0 Å². The highest BCUT2D eigenvalue weighted by molar-refractivity contribution is 8.18. The molecule has 0 bridgehead atoms. The summed E-state index contributed by atoms with van der Waals surface area (Å²) in [7, 11) is -4.48. The standard InChI is InChI=1S/C11H19F2O3PS2/c1-4-15-17(14,16-5-2)11(12,13)10(18-3)8-6-7-9-19-10/h6-7H,4-5,8-9H2,1-3H3. The van der Waals surface area contributed by atoms with Gasteiger partial charge in [0.15, 0.2) is 0 Å². The fraction of sp³-hybridized carbons (Fsp3) is 0.818. The first kappa shape index (κ1) is 17.5. The van der Waals surface area contributed by atoms with Crippen molar-refractivity contribution < 1.29 is 22.4 Å². The number of hydrogen-bond donors (Lipinski definition) is 0. The molecule has 1 aliphatic rings. The van der Waals surface area contributed by atoms with Crippen molar-refractivity contribution in [2.24, 2.45) is 0 Å². The highest BCUT2D eigenvalue weighted by atomic mass is 32.2. The summed E-state index contributed by atoms with van der Waals surface area (Å²) >= 11 is 2.10. The molecule has 0 aliphatic carbocycles. The van der Waals surface area contributed by atoms with E-state index in [1.807, 2.05) is 6.08 Å². The molecule has 0 aromatic rings. The van der Waals surface area contributed by atoms with Gasteiger partial charge in [-0.2, -0.15) is 8.78 Å². The van der Waals surface area contributed by atoms with Crippen molar-refractivity contribution in [3.63, 3.8) is 0 Å². The molecule has 19 heavy (non-hydrogen) atoms. The quantitative estimate of drug-likeness (QED) is 0.503. The van der Waals surface area contributed by atoms with Gasteiger partial charge in [-0.15, -0.1) is 23.5 Å². The van der Waals surface area contributed by atoms with Gasteiger partial charge in [-0.25, -0.2) is 0 Å². The van der Waals surface area contributed by atoms with Gasteiger partial charge in [0.1, 0.15) is 4.08 Å². The van der Waals surface area contributed by atoms with E-state index in [1.165, 1.54) is 13.8 Å². The Morgan fingerprint density at radius 3 is 2.32 bits per heavy atom. The van der Waals surface area contributed by atoms with E-state index in [0.29, 0.717) is 5.75 Å². The summed E-state index contributed by atoms with van der Waals surface area (Å²) in [6.07, 6.45) is 5.27. The molecule has 1 aliphatic heterocycles. The Labute approximate surface area is 121 Å². The van der Waals surface area contributed by atoms with Gasteiger partial charge in [-0.3, -0.25) is 4.57 Å². The van der Waals surface area contributed by atoms with E-state index in [9.17, 15) is 13.3 Å². The lowest BCUT2D eigenvalue weighted by molar-refractivity contribution is 0.0291. The Hall–Kier alpha value is 0.450. The largest absolute Gasteiger partial charge is 0.402 e. The second-order valence-electron chi connectivity index (χ2n) is 3.82. The van der Waals surface area contributed by atoms with Gasteiger partial charge in [0.05, 0.1) is 13.2 Å². The predicted molar refractivity (Wildman–Crippen MR) is 78.3 cm³/mol. The average molecular weight is 332 g/mol. The van der Waals surface area contributed by atoms with Crippen molar-refractivity contribution in [3.8, 4) is 0 Å². The maximum atomic E-state index is 14.8. The van der Waals surface area contributed by atoms with E-state index in [4.69, 9.17) is 9.05 Å². The minimum atomic E-state index is -4.48. The second kappa shape index (κ2) is 6.94. The topological polar surface area (TPSA) is 35.5 Å². The van der Waals surface area contributed by atoms with Crippen LogP contribution in [0.3, 0.4) is 0 Å². The molecule has 3 nitrogen and oxygen atoms in total. The van der Waals surface area contributed by atoms with Crippen LogP contribution in [-0.4, -0.2) is 35.0 Å². The number of alkyl halides is 2. The molecule has 0 saturated heterocycles. The van der Waals surface area contributed by atoms with Gasteiger partial charge >= 0.3 is 13.3 Å². The van der Waals surface area contributed by atoms with Crippen LogP contribution < -0.4 is 0 Å². The molecule has 0 radical (unpaired) electrons. The smallest absolute Gasteiger partial charge is 0.305 e. The van der Waals surface area contributed by atoms with Crippen molar-refractivity contribution in [2.75, 3.05) is 25.2 Å². The predicted octanol–water partition coefficient (Wildman–Crippen LogP) is 4.60. The molecule has 1 atom stereocenters. The normalized spacial score (nSPS) is 24.7. The fourth-order valence-corrected chi connectivity index (χ4v) is 6.57. The lowest BCUT2D eigenvalue weighted by atomic mass is 10.2. The molecule has 112 valence electrons. The van der Waals surface area contributed by atoms with Crippen LogP contribution >= 0.6 is 31.1 Å². The van der Waals surface area contributed by atoms with E-state index in [2.05, 4.69) is 0 Å². The molecule has 8 heteroatoms. The zero-order valence-corrected chi connectivity index (χ0v) is 13.8. The van der Waals surface area contributed by atoms with Crippen LogP contribution in [0.2, 0.25) is 0 Å². The second-order valence-corrected chi connectivity index (χ2v) is 8.57. The highest BCUT2D eigenvalue weighted by Crippen LogP contribution is 2.71. The number of halogens is 2. The molecule has 1 rings (SSSR count). The van der Waals surface area contributed by atoms with E-state index in [-0.39, 0.29) is 19.6 Å². The van der Waals surface area contributed by atoms with Gasteiger partial charge in [0, 0.05) is 5.75 Å². The molecule has 0 aromatic heterocycles. The molecule has 0 fully saturated rings. The fourth-order valence-electron chi connectivity index (χ4n) is 1.77. The third-order valence-electron chi connectivity index (χ3n) is 2.70. The molecule has 0 aromatic carbocycles. The SMILES string of the molecule is CCOP(=O)(OCC)C(F)(F)C1(SC)CC=CCS1. The van der Waals surface area contributed by atoms with Crippen LogP contribution in [0.5, 0.6) is 0 Å². The first-order valence-corrected chi connectivity index (χ1v) is 9.75. The van der Waals surface area contributed by atoms with E-state index in [0.717, 1.165) is 23.5 Å². The summed E-state index contributed by atoms with van der Waals surface area (Å²) in [5.74, 6) is 0.467. The van der Waals surface area contributed by atoms with E-state index >= 15 is 0 Å². The maximum absolute atomic E-state index is 14.8. The molecule has 0 N–H and O–H groups in total. The van der Waals surface area contributed by atoms with Gasteiger partial charge in [0.2, 0.25) is 0 Å². The summed E-state index contributed by atoms with van der Waals surface area (Å²) < 4.78 is 50.2. The van der Waals surface area contributed by atoms with Crippen molar-refractivity contribution in [3.05, 3.63) is 12.2 Å². The number of hydrogen-bond acceptors (Lipinski definition) is 5. The molecular weight excluding hydrogens is 313 g/mol. The lowest BCUT2D eigenvalue weighted by Crippen LogP contribution is -2.44. The first-order valence-electron chi connectivity index (χ1n) is 6.00. The number of thioether (sulfide) groups is 2. The van der Waals surface area contributed by atoms with Gasteiger partial charge in [-0.1, -0.05) is 12.2 Å². The minimum Gasteiger partial charge on any atom is -0.305 e. The summed E-state index contributed by atoms with van der Waals surface area (Å²) in [6, 6.07) is 0. The van der Waals surface area contributed by atoms with Crippen LogP contribution in [0.15, 0.2) is 12.2 Å². The third-order valence-corrected chi connectivity index (χ3v) is 8.45. The Morgan fingerprint density at radius 2 is 1.95 bits per heavy atom. The minimum absolute atomic E-state index is 0.0716. The molecular formula is C11H19F2O3PS2. The maximum Gasteiger partial charge on any atom is 0.402 e. The van der Waals surface area contributed by atoms with Crippen LogP contribution in [0.1, 0.15) is 20.3 Å². The average Bonchev–Trinajstić information content (AvgIpc) is 2.39. The highest BCUT2D eigenvalue weighted by Gasteiger charge is 2.67. The Kier molecular flexibility index (Phi) is 6.39. The van der Waals surface area contributed by atoms with Crippen LogP contribution in [0.4, 0.5) is 8.78 Å². The third kappa shape index (κ3) is 3.21. The van der Waals surface area contributed by atoms with Crippen molar-refractivity contribution in [1.82, 2.24) is 0 Å². The van der Waals surface area contributed by atoms with Crippen molar-refractivity contribution in [1.29, 1.82) is 0 Å². The monoisotopic (exact) mass is 332 g/mol. The van der Waals surface area contributed by atoms with Gasteiger partial charge in [-0.05, 0) is 26.5 Å². The van der Waals surface area contributed by atoms with E-state index < -0.39 is 17.3 Å². The zero-order chi connectivity index (χ0) is 14.6. The van der Waals surface area contributed by atoms with E-state index in [1.54, 1.807) is 12.3 Å². The number of rotatable bonds is 7. The lowest BCUT2D eigenvalue weighted by Gasteiger charge is -2.41. The molecule has 1 heterocycles. The summed E-state index contributed by atoms with van der Waals surface area (Å²) in [6.45, 7) is 2.92.